The molecule has 3 aromatic rings. The lowest BCUT2D eigenvalue weighted by molar-refractivity contribution is 0.0959. The van der Waals surface area contributed by atoms with Gasteiger partial charge in [0.2, 0.25) is 0 Å². The topological polar surface area (TPSA) is 83.3 Å². The van der Waals surface area contributed by atoms with Crippen molar-refractivity contribution in [1.29, 1.82) is 0 Å². The number of hydrogen-bond acceptors (Lipinski definition) is 6. The van der Waals surface area contributed by atoms with Crippen LogP contribution in [0, 0.1) is 12.8 Å². The molecule has 31 heavy (non-hydrogen) atoms. The van der Waals surface area contributed by atoms with Crippen molar-refractivity contribution in [2.75, 3.05) is 36.8 Å². The van der Waals surface area contributed by atoms with Crippen LogP contribution in [0.4, 0.5) is 11.4 Å². The summed E-state index contributed by atoms with van der Waals surface area (Å²) in [5, 5.41) is 7.46. The van der Waals surface area contributed by atoms with E-state index < -0.39 is 0 Å². The van der Waals surface area contributed by atoms with E-state index in [1.807, 2.05) is 19.1 Å². The summed E-state index contributed by atoms with van der Waals surface area (Å²) in [7, 11) is 0. The second-order valence-corrected chi connectivity index (χ2v) is 9.57. The fourth-order valence-electron chi connectivity index (χ4n) is 3.99. The molecule has 1 atom stereocenters. The highest BCUT2D eigenvalue weighted by molar-refractivity contribution is 7.21. The van der Waals surface area contributed by atoms with Gasteiger partial charge in [0.1, 0.15) is 9.71 Å². The largest absolute Gasteiger partial charge is 0.397 e. The number of thiophene rings is 1. The lowest BCUT2D eigenvalue weighted by Crippen LogP contribution is -2.52. The first kappa shape index (κ1) is 21.6. The molecule has 0 saturated carbocycles. The lowest BCUT2D eigenvalue weighted by atomic mass is 10.0. The fourth-order valence-corrected chi connectivity index (χ4v) is 5.05. The Morgan fingerprint density at radius 1 is 1.29 bits per heavy atom. The van der Waals surface area contributed by atoms with Crippen LogP contribution in [0.2, 0.25) is 0 Å². The quantitative estimate of drug-likeness (QED) is 0.549. The van der Waals surface area contributed by atoms with Crippen LogP contribution in [-0.2, 0) is 6.42 Å². The number of amides is 1. The lowest BCUT2D eigenvalue weighted by Gasteiger charge is -2.37. The van der Waals surface area contributed by atoms with Crippen molar-refractivity contribution in [2.45, 2.75) is 33.2 Å². The minimum Gasteiger partial charge on any atom is -0.397 e. The summed E-state index contributed by atoms with van der Waals surface area (Å²) in [5.74, 6) is 0.496. The third-order valence-electron chi connectivity index (χ3n) is 5.95. The van der Waals surface area contributed by atoms with E-state index in [1.54, 1.807) is 0 Å². The monoisotopic (exact) mass is 437 g/mol. The van der Waals surface area contributed by atoms with E-state index in [2.05, 4.69) is 58.6 Å². The molecule has 1 fully saturated rings. The van der Waals surface area contributed by atoms with Crippen molar-refractivity contribution in [2.24, 2.45) is 5.92 Å². The Morgan fingerprint density at radius 3 is 2.81 bits per heavy atom. The van der Waals surface area contributed by atoms with E-state index >= 15 is 0 Å². The number of pyridine rings is 1. The van der Waals surface area contributed by atoms with Gasteiger partial charge in [0.15, 0.2) is 0 Å². The highest BCUT2D eigenvalue weighted by Gasteiger charge is 2.22. The Bertz CT molecular complexity index is 1060. The van der Waals surface area contributed by atoms with Crippen molar-refractivity contribution in [3.05, 3.63) is 52.5 Å². The standard InChI is InChI=1S/C24H31N5OS/c1-15(2)20-14-29(13-12-26-20)18-7-5-17(6-8-18)10-11-27-23(30)22-21(25)19-9-4-16(3)28-24(19)31-22/h4-9,15,20,26H,10-14,25H2,1-3H3,(H,27,30)/t20-/m0/s1. The Kier molecular flexibility index (Phi) is 6.43. The molecule has 0 unspecified atom stereocenters. The molecule has 1 amide bonds. The van der Waals surface area contributed by atoms with E-state index in [0.29, 0.717) is 29.1 Å². The summed E-state index contributed by atoms with van der Waals surface area (Å²) in [5.41, 5.74) is 10.1. The maximum Gasteiger partial charge on any atom is 0.263 e. The zero-order valence-electron chi connectivity index (χ0n) is 18.4. The van der Waals surface area contributed by atoms with E-state index in [0.717, 1.165) is 42.0 Å². The molecule has 1 saturated heterocycles. The number of anilines is 2. The average molecular weight is 438 g/mol. The summed E-state index contributed by atoms with van der Waals surface area (Å²) in [6, 6.07) is 13.1. The van der Waals surface area contributed by atoms with Gasteiger partial charge in [-0.15, -0.1) is 11.3 Å². The number of hydrogen-bond donors (Lipinski definition) is 3. The van der Waals surface area contributed by atoms with E-state index in [-0.39, 0.29) is 5.91 Å². The second-order valence-electron chi connectivity index (χ2n) is 8.57. The van der Waals surface area contributed by atoms with Gasteiger partial charge in [-0.3, -0.25) is 4.79 Å². The summed E-state index contributed by atoms with van der Waals surface area (Å²) >= 11 is 1.35. The van der Waals surface area contributed by atoms with Gasteiger partial charge in [-0.1, -0.05) is 26.0 Å². The smallest absolute Gasteiger partial charge is 0.263 e. The number of aromatic nitrogens is 1. The molecule has 1 aliphatic rings. The van der Waals surface area contributed by atoms with Crippen molar-refractivity contribution in [1.82, 2.24) is 15.6 Å². The third kappa shape index (κ3) is 4.83. The highest BCUT2D eigenvalue weighted by Crippen LogP contribution is 2.32. The van der Waals surface area contributed by atoms with Gasteiger partial charge in [-0.05, 0) is 49.1 Å². The van der Waals surface area contributed by atoms with Crippen molar-refractivity contribution in [3.8, 4) is 0 Å². The maximum absolute atomic E-state index is 12.6. The maximum atomic E-state index is 12.6. The number of nitrogen functional groups attached to an aromatic ring is 1. The first-order valence-corrected chi connectivity index (χ1v) is 11.7. The third-order valence-corrected chi connectivity index (χ3v) is 7.06. The number of fused-ring (bicyclic) bond motifs is 1. The number of nitrogens with one attached hydrogen (secondary N) is 2. The first-order valence-electron chi connectivity index (χ1n) is 10.9. The Labute approximate surface area is 187 Å². The molecule has 1 aromatic carbocycles. The van der Waals surface area contributed by atoms with Crippen LogP contribution in [0.25, 0.3) is 10.2 Å². The summed E-state index contributed by atoms with van der Waals surface area (Å²) in [6.07, 6.45) is 0.782. The van der Waals surface area contributed by atoms with Crippen LogP contribution in [-0.4, -0.2) is 43.1 Å². The number of nitrogens with two attached hydrogens (primary N) is 1. The molecule has 4 N–H and O–H groups in total. The van der Waals surface area contributed by atoms with Crippen LogP contribution in [0.3, 0.4) is 0 Å². The number of aryl methyl sites for hydroxylation is 1. The number of nitrogens with zero attached hydrogens (tertiary/aromatic N) is 2. The number of benzene rings is 1. The van der Waals surface area contributed by atoms with Gasteiger partial charge < -0.3 is 21.3 Å². The van der Waals surface area contributed by atoms with Gasteiger partial charge in [0.25, 0.3) is 5.91 Å². The van der Waals surface area contributed by atoms with E-state index in [4.69, 9.17) is 5.73 Å². The average Bonchev–Trinajstić information content (AvgIpc) is 3.10. The van der Waals surface area contributed by atoms with Crippen molar-refractivity contribution in [3.63, 3.8) is 0 Å². The number of carbonyl (C=O) groups excluding carboxylic acids is 1. The molecular formula is C24H31N5OS. The summed E-state index contributed by atoms with van der Waals surface area (Å²) in [4.78, 5) is 20.9. The van der Waals surface area contributed by atoms with Crippen LogP contribution in [0.1, 0.15) is 34.8 Å². The molecule has 6 nitrogen and oxygen atoms in total. The van der Waals surface area contributed by atoms with Crippen LogP contribution < -0.4 is 21.3 Å². The SMILES string of the molecule is Cc1ccc2c(N)c(C(=O)NCCc3ccc(N4CCN[C@H](C(C)C)C4)cc3)sc2n1. The Hall–Kier alpha value is -2.64. The number of carbonyl (C=O) groups is 1. The molecule has 2 aromatic heterocycles. The molecule has 4 rings (SSSR count). The van der Waals surface area contributed by atoms with Crippen LogP contribution in [0.15, 0.2) is 36.4 Å². The van der Waals surface area contributed by atoms with E-state index in [1.165, 1.54) is 22.6 Å². The molecule has 0 radical (unpaired) electrons. The molecule has 0 aliphatic carbocycles. The predicted molar refractivity (Wildman–Crippen MR) is 130 cm³/mol. The number of piperazine rings is 1. The minimum atomic E-state index is -0.129. The molecular weight excluding hydrogens is 406 g/mol. The minimum absolute atomic E-state index is 0.129. The van der Waals surface area contributed by atoms with Gasteiger partial charge >= 0.3 is 0 Å². The van der Waals surface area contributed by atoms with Gasteiger partial charge in [-0.25, -0.2) is 4.98 Å². The predicted octanol–water partition coefficient (Wildman–Crippen LogP) is 3.59. The second kappa shape index (κ2) is 9.24. The van der Waals surface area contributed by atoms with Crippen LogP contribution >= 0.6 is 11.3 Å². The summed E-state index contributed by atoms with van der Waals surface area (Å²) < 4.78 is 0. The zero-order valence-corrected chi connectivity index (χ0v) is 19.3. The van der Waals surface area contributed by atoms with Gasteiger partial charge in [0.05, 0.1) is 5.69 Å². The first-order chi connectivity index (χ1) is 14.9. The molecule has 1 aliphatic heterocycles. The van der Waals surface area contributed by atoms with Crippen LogP contribution in [0.5, 0.6) is 0 Å². The molecule has 0 spiro atoms. The molecule has 164 valence electrons. The van der Waals surface area contributed by atoms with Crippen molar-refractivity contribution >= 4 is 38.8 Å². The highest BCUT2D eigenvalue weighted by atomic mass is 32.1. The zero-order chi connectivity index (χ0) is 22.0. The molecule has 3 heterocycles. The molecule has 7 heteroatoms. The van der Waals surface area contributed by atoms with Gasteiger partial charge in [-0.2, -0.15) is 0 Å². The Morgan fingerprint density at radius 2 is 2.06 bits per heavy atom. The molecule has 0 bridgehead atoms. The Balaban J connectivity index is 1.33. The normalized spacial score (nSPS) is 16.8. The van der Waals surface area contributed by atoms with Crippen molar-refractivity contribution < 1.29 is 4.79 Å². The van der Waals surface area contributed by atoms with Gasteiger partial charge in [0, 0.05) is 49.0 Å². The fraction of sp³-hybridized carbons (Fsp3) is 0.417. The van der Waals surface area contributed by atoms with E-state index in [9.17, 15) is 4.79 Å². The number of rotatable bonds is 6. The summed E-state index contributed by atoms with van der Waals surface area (Å²) in [6.45, 7) is 10.1.